The number of benzene rings is 1. The predicted molar refractivity (Wildman–Crippen MR) is 112 cm³/mol. The highest BCUT2D eigenvalue weighted by atomic mass is 16.7. The maximum atomic E-state index is 11.3. The molecule has 4 aliphatic rings. The number of hydrogen-bond acceptors (Lipinski definition) is 7. The molecule has 0 bridgehead atoms. The second-order valence-corrected chi connectivity index (χ2v) is 10.3. The lowest BCUT2D eigenvalue weighted by molar-refractivity contribution is -0.271. The Labute approximate surface area is 186 Å². The van der Waals surface area contributed by atoms with Crippen molar-refractivity contribution in [3.63, 3.8) is 0 Å². The Bertz CT molecular complexity index is 889. The Hall–Kier alpha value is -1.71. The Kier molecular flexibility index (Phi) is 5.49. The zero-order valence-electron chi connectivity index (χ0n) is 18.1. The molecule has 3 fully saturated rings. The molecule has 1 aromatic rings. The van der Waals surface area contributed by atoms with Gasteiger partial charge in [-0.1, -0.05) is 13.0 Å². The normalized spacial score (nSPS) is 45.5. The van der Waals surface area contributed by atoms with Gasteiger partial charge in [-0.3, -0.25) is 0 Å². The van der Waals surface area contributed by atoms with E-state index in [0.29, 0.717) is 23.5 Å². The van der Waals surface area contributed by atoms with Crippen LogP contribution < -0.4 is 4.74 Å². The highest BCUT2D eigenvalue weighted by Crippen LogP contribution is 2.60. The highest BCUT2D eigenvalue weighted by molar-refractivity contribution is 5.73. The lowest BCUT2D eigenvalue weighted by atomic mass is 9.55. The van der Waals surface area contributed by atoms with Gasteiger partial charge >= 0.3 is 5.97 Å². The molecule has 3 unspecified atom stereocenters. The molecule has 1 saturated heterocycles. The molecule has 3 aliphatic carbocycles. The SMILES string of the molecule is C[C@]12CCC3c4ccc(O[C@@H]5O[C@H](C(=O)O)[C@H](O)[C@H](O)[C@H]5O)cc4CCC3C1CC[C@H]2O. The van der Waals surface area contributed by atoms with E-state index in [0.717, 1.165) is 38.5 Å². The fourth-order valence-corrected chi connectivity index (χ4v) is 6.89. The van der Waals surface area contributed by atoms with E-state index in [1.54, 1.807) is 6.07 Å². The van der Waals surface area contributed by atoms with Crippen molar-refractivity contribution < 1.29 is 39.8 Å². The molecule has 8 nitrogen and oxygen atoms in total. The molecule has 2 saturated carbocycles. The van der Waals surface area contributed by atoms with Gasteiger partial charge < -0.3 is 35.0 Å². The number of aliphatic carboxylic acids is 1. The first kappa shape index (κ1) is 22.1. The van der Waals surface area contributed by atoms with Crippen LogP contribution in [-0.4, -0.2) is 68.3 Å². The van der Waals surface area contributed by atoms with E-state index in [4.69, 9.17) is 9.47 Å². The first-order chi connectivity index (χ1) is 15.2. The molecule has 0 aromatic heterocycles. The molecule has 176 valence electrons. The molecular weight excluding hydrogens is 416 g/mol. The van der Waals surface area contributed by atoms with Crippen molar-refractivity contribution >= 4 is 5.97 Å². The zero-order chi connectivity index (χ0) is 22.8. The summed E-state index contributed by atoms with van der Waals surface area (Å²) in [6.45, 7) is 2.25. The topological polar surface area (TPSA) is 137 Å². The van der Waals surface area contributed by atoms with Gasteiger partial charge in [-0.25, -0.2) is 4.79 Å². The standard InChI is InChI=1S/C24H32O8/c1-24-9-8-14-13-5-3-12(10-11(13)2-4-15(14)16(24)6-7-17(24)25)31-23-20(28)18(26)19(27)21(32-23)22(29)30/h3,5,10,14-21,23,25-28H,2,4,6-9H2,1H3,(H,29,30)/t14?,15?,16?,17-,18+,19-,20-,21+,23-,24+/m1/s1. The first-order valence-corrected chi connectivity index (χ1v) is 11.6. The second kappa shape index (κ2) is 7.95. The van der Waals surface area contributed by atoms with Crippen molar-refractivity contribution in [2.75, 3.05) is 0 Å². The summed E-state index contributed by atoms with van der Waals surface area (Å²) >= 11 is 0. The van der Waals surface area contributed by atoms with Crippen molar-refractivity contribution in [3.05, 3.63) is 29.3 Å². The quantitative estimate of drug-likeness (QED) is 0.465. The smallest absolute Gasteiger partial charge is 0.335 e. The van der Waals surface area contributed by atoms with Crippen LogP contribution in [-0.2, 0) is 16.0 Å². The number of carboxylic acid groups (broad SMARTS) is 1. The minimum Gasteiger partial charge on any atom is -0.479 e. The molecule has 1 aromatic carbocycles. The summed E-state index contributed by atoms with van der Waals surface area (Å²) < 4.78 is 11.0. The van der Waals surface area contributed by atoms with Crippen LogP contribution in [0.3, 0.4) is 0 Å². The van der Waals surface area contributed by atoms with Crippen LogP contribution in [0.15, 0.2) is 18.2 Å². The fourth-order valence-electron chi connectivity index (χ4n) is 6.89. The van der Waals surface area contributed by atoms with Gasteiger partial charge in [-0.2, -0.15) is 0 Å². The summed E-state index contributed by atoms with van der Waals surface area (Å²) in [7, 11) is 0. The third-order valence-electron chi connectivity index (χ3n) is 8.71. The number of aliphatic hydroxyl groups excluding tert-OH is 4. The van der Waals surface area contributed by atoms with Crippen molar-refractivity contribution in [1.29, 1.82) is 0 Å². The molecule has 8 heteroatoms. The van der Waals surface area contributed by atoms with Crippen LogP contribution >= 0.6 is 0 Å². The molecule has 0 amide bonds. The summed E-state index contributed by atoms with van der Waals surface area (Å²) in [5, 5.41) is 49.8. The van der Waals surface area contributed by atoms with E-state index in [1.165, 1.54) is 11.1 Å². The molecule has 0 spiro atoms. The van der Waals surface area contributed by atoms with E-state index >= 15 is 0 Å². The third kappa shape index (κ3) is 3.35. The van der Waals surface area contributed by atoms with Gasteiger partial charge in [-0.15, -0.1) is 0 Å². The minimum absolute atomic E-state index is 0.0300. The monoisotopic (exact) mass is 448 g/mol. The van der Waals surface area contributed by atoms with Crippen LogP contribution in [0.5, 0.6) is 5.75 Å². The van der Waals surface area contributed by atoms with Crippen LogP contribution in [0.4, 0.5) is 0 Å². The Morgan fingerprint density at radius 3 is 2.59 bits per heavy atom. The maximum Gasteiger partial charge on any atom is 0.335 e. The number of ether oxygens (including phenoxy) is 2. The Balaban J connectivity index is 1.34. The molecule has 32 heavy (non-hydrogen) atoms. The number of carboxylic acids is 1. The summed E-state index contributed by atoms with van der Waals surface area (Å²) in [4.78, 5) is 11.3. The Morgan fingerprint density at radius 1 is 1.06 bits per heavy atom. The number of fused-ring (bicyclic) bond motifs is 5. The molecule has 5 N–H and O–H groups in total. The number of aryl methyl sites for hydroxylation is 1. The number of aliphatic hydroxyl groups is 4. The summed E-state index contributed by atoms with van der Waals surface area (Å²) in [6, 6.07) is 5.75. The van der Waals surface area contributed by atoms with Crippen LogP contribution in [0.1, 0.15) is 56.1 Å². The number of rotatable bonds is 3. The van der Waals surface area contributed by atoms with Gasteiger partial charge in [0.2, 0.25) is 6.29 Å². The van der Waals surface area contributed by atoms with E-state index < -0.39 is 36.7 Å². The first-order valence-electron chi connectivity index (χ1n) is 11.6. The lowest BCUT2D eigenvalue weighted by Gasteiger charge is -2.50. The van der Waals surface area contributed by atoms with Crippen molar-refractivity contribution in [2.24, 2.45) is 17.3 Å². The summed E-state index contributed by atoms with van der Waals surface area (Å²) in [5.74, 6) is 0.570. The van der Waals surface area contributed by atoms with Crippen molar-refractivity contribution in [1.82, 2.24) is 0 Å². The summed E-state index contributed by atoms with van der Waals surface area (Å²) in [5.41, 5.74) is 2.51. The predicted octanol–water partition coefficient (Wildman–Crippen LogP) is 1.17. The van der Waals surface area contributed by atoms with Crippen LogP contribution in [0.2, 0.25) is 0 Å². The van der Waals surface area contributed by atoms with E-state index in [-0.39, 0.29) is 11.5 Å². The maximum absolute atomic E-state index is 11.3. The van der Waals surface area contributed by atoms with Crippen LogP contribution in [0.25, 0.3) is 0 Å². The van der Waals surface area contributed by atoms with E-state index in [1.807, 2.05) is 12.1 Å². The van der Waals surface area contributed by atoms with Gasteiger partial charge in [0, 0.05) is 0 Å². The van der Waals surface area contributed by atoms with Gasteiger partial charge in [0.25, 0.3) is 0 Å². The highest BCUT2D eigenvalue weighted by Gasteiger charge is 2.54. The van der Waals surface area contributed by atoms with Gasteiger partial charge in [0.05, 0.1) is 6.10 Å². The lowest BCUT2D eigenvalue weighted by Crippen LogP contribution is -2.61. The average molecular weight is 449 g/mol. The molecule has 1 aliphatic heterocycles. The van der Waals surface area contributed by atoms with Crippen molar-refractivity contribution in [3.8, 4) is 5.75 Å². The molecular formula is C24H32O8. The van der Waals surface area contributed by atoms with E-state index in [9.17, 15) is 30.3 Å². The second-order valence-electron chi connectivity index (χ2n) is 10.3. The molecule has 1 heterocycles. The molecule has 0 radical (unpaired) electrons. The largest absolute Gasteiger partial charge is 0.479 e. The average Bonchev–Trinajstić information content (AvgIpc) is 3.08. The fraction of sp³-hybridized carbons (Fsp3) is 0.708. The number of carbonyl (C=O) groups is 1. The van der Waals surface area contributed by atoms with Crippen LogP contribution in [0, 0.1) is 17.3 Å². The third-order valence-corrected chi connectivity index (χ3v) is 8.71. The van der Waals surface area contributed by atoms with Gasteiger partial charge in [-0.05, 0) is 85.0 Å². The summed E-state index contributed by atoms with van der Waals surface area (Å²) in [6.07, 6.45) is -2.28. The van der Waals surface area contributed by atoms with Gasteiger partial charge in [0.1, 0.15) is 24.1 Å². The van der Waals surface area contributed by atoms with Crippen molar-refractivity contribution in [2.45, 2.75) is 88.2 Å². The molecule has 5 rings (SSSR count). The Morgan fingerprint density at radius 2 is 1.84 bits per heavy atom. The number of hydrogen-bond donors (Lipinski definition) is 5. The molecule has 10 atom stereocenters. The van der Waals surface area contributed by atoms with Gasteiger partial charge in [0.15, 0.2) is 6.10 Å². The minimum atomic E-state index is -1.74. The zero-order valence-corrected chi connectivity index (χ0v) is 18.1. The van der Waals surface area contributed by atoms with E-state index in [2.05, 4.69) is 6.92 Å².